The average Bonchev–Trinajstić information content (AvgIpc) is 2.75. The molecule has 0 radical (unpaired) electrons. The van der Waals surface area contributed by atoms with Gasteiger partial charge in [0.05, 0.1) is 11.9 Å². The van der Waals surface area contributed by atoms with Crippen LogP contribution in [0.4, 0.5) is 5.69 Å². The molecule has 0 aliphatic rings. The van der Waals surface area contributed by atoms with Crippen molar-refractivity contribution in [1.29, 1.82) is 0 Å². The molecule has 0 aromatic heterocycles. The van der Waals surface area contributed by atoms with Gasteiger partial charge in [-0.1, -0.05) is 42.8 Å². The number of benzene rings is 2. The topological polar surface area (TPSA) is 86.8 Å². The van der Waals surface area contributed by atoms with Gasteiger partial charge in [-0.15, -0.1) is 0 Å². The molecule has 0 aliphatic heterocycles. The minimum Gasteiger partial charge on any atom is -0.355 e. The molecule has 2 aromatic carbocycles. The lowest BCUT2D eigenvalue weighted by atomic mass is 10.1. The van der Waals surface area contributed by atoms with Gasteiger partial charge in [-0.25, -0.2) is 8.42 Å². The molecular weight excluding hydrogens is 462 g/mol. The first kappa shape index (κ1) is 26.7. The molecular formula is C24H32ClN3O4S. The second-order valence-electron chi connectivity index (χ2n) is 7.96. The molecule has 0 fully saturated rings. The van der Waals surface area contributed by atoms with E-state index in [-0.39, 0.29) is 12.5 Å². The molecule has 180 valence electrons. The Hall–Kier alpha value is -2.58. The number of likely N-dealkylation sites (N-methyl/N-ethyl adjacent to an activating group) is 1. The summed E-state index contributed by atoms with van der Waals surface area (Å²) in [7, 11) is -3.76. The Kier molecular flexibility index (Phi) is 9.31. The number of amides is 2. The lowest BCUT2D eigenvalue weighted by Gasteiger charge is -2.33. The molecule has 0 unspecified atom stereocenters. The summed E-state index contributed by atoms with van der Waals surface area (Å²) in [5, 5.41) is 3.33. The van der Waals surface area contributed by atoms with Crippen molar-refractivity contribution in [3.8, 4) is 0 Å². The maximum absolute atomic E-state index is 13.6. The molecule has 2 rings (SSSR count). The highest BCUT2D eigenvalue weighted by molar-refractivity contribution is 7.92. The van der Waals surface area contributed by atoms with Crippen LogP contribution in [-0.2, 0) is 26.2 Å². The zero-order chi connectivity index (χ0) is 24.8. The van der Waals surface area contributed by atoms with E-state index in [4.69, 9.17) is 11.6 Å². The van der Waals surface area contributed by atoms with Crippen LogP contribution in [0, 0.1) is 13.8 Å². The zero-order valence-electron chi connectivity index (χ0n) is 19.8. The van der Waals surface area contributed by atoms with Gasteiger partial charge in [0.2, 0.25) is 21.8 Å². The van der Waals surface area contributed by atoms with Crippen LogP contribution in [-0.4, -0.2) is 50.5 Å². The molecule has 9 heteroatoms. The summed E-state index contributed by atoms with van der Waals surface area (Å²) in [5.41, 5.74) is 2.92. The second-order valence-corrected chi connectivity index (χ2v) is 10.3. The summed E-state index contributed by atoms with van der Waals surface area (Å²) in [5.74, 6) is -0.741. The number of hydrogen-bond acceptors (Lipinski definition) is 4. The Morgan fingerprint density at radius 1 is 1.06 bits per heavy atom. The number of halogens is 1. The van der Waals surface area contributed by atoms with Gasteiger partial charge in [0.25, 0.3) is 0 Å². The average molecular weight is 494 g/mol. The molecule has 0 bridgehead atoms. The van der Waals surface area contributed by atoms with Crippen molar-refractivity contribution in [2.24, 2.45) is 0 Å². The van der Waals surface area contributed by atoms with E-state index in [0.29, 0.717) is 23.7 Å². The van der Waals surface area contributed by atoms with Crippen LogP contribution in [0.3, 0.4) is 0 Å². The summed E-state index contributed by atoms with van der Waals surface area (Å²) in [6.45, 7) is 7.50. The minimum atomic E-state index is -3.76. The molecule has 0 spiro atoms. The van der Waals surface area contributed by atoms with Gasteiger partial charge in [-0.2, -0.15) is 0 Å². The van der Waals surface area contributed by atoms with Crippen molar-refractivity contribution >= 4 is 39.1 Å². The molecule has 1 atom stereocenters. The van der Waals surface area contributed by atoms with Gasteiger partial charge in [0.15, 0.2) is 0 Å². The Morgan fingerprint density at radius 2 is 1.70 bits per heavy atom. The van der Waals surface area contributed by atoms with E-state index in [1.807, 2.05) is 33.8 Å². The predicted octanol–water partition coefficient (Wildman–Crippen LogP) is 3.67. The van der Waals surface area contributed by atoms with Gasteiger partial charge in [0.1, 0.15) is 12.6 Å². The molecule has 0 saturated carbocycles. The minimum absolute atomic E-state index is 0.149. The number of sulfonamides is 1. The molecule has 33 heavy (non-hydrogen) atoms. The molecule has 7 nitrogen and oxygen atoms in total. The fraction of sp³-hybridized carbons (Fsp3) is 0.417. The molecule has 0 heterocycles. The summed E-state index contributed by atoms with van der Waals surface area (Å²) in [6, 6.07) is 11.6. The van der Waals surface area contributed by atoms with E-state index in [0.717, 1.165) is 27.3 Å². The fourth-order valence-corrected chi connectivity index (χ4v) is 4.62. The van der Waals surface area contributed by atoms with Crippen LogP contribution in [0.15, 0.2) is 42.5 Å². The lowest BCUT2D eigenvalue weighted by Crippen LogP contribution is -2.52. The maximum Gasteiger partial charge on any atom is 0.244 e. The number of nitrogens with zero attached hydrogens (tertiary/aromatic N) is 2. The SMILES string of the molecule is CCNC(=O)[C@@H](CC)N(Cc1ccc(Cl)cc1)C(=O)CN(c1cccc(C)c1C)S(C)(=O)=O. The highest BCUT2D eigenvalue weighted by atomic mass is 35.5. The summed E-state index contributed by atoms with van der Waals surface area (Å²) >= 11 is 5.99. The van der Waals surface area contributed by atoms with Crippen LogP contribution in [0.5, 0.6) is 0 Å². The van der Waals surface area contributed by atoms with Crippen LogP contribution in [0.1, 0.15) is 37.0 Å². The summed E-state index contributed by atoms with van der Waals surface area (Å²) in [4.78, 5) is 27.8. The quantitative estimate of drug-likeness (QED) is 0.547. The first-order valence-corrected chi connectivity index (χ1v) is 13.1. The third-order valence-electron chi connectivity index (χ3n) is 5.53. The third kappa shape index (κ3) is 6.95. The Labute approximate surface area is 201 Å². The predicted molar refractivity (Wildman–Crippen MR) is 133 cm³/mol. The largest absolute Gasteiger partial charge is 0.355 e. The maximum atomic E-state index is 13.6. The Bertz CT molecular complexity index is 1090. The smallest absolute Gasteiger partial charge is 0.244 e. The number of carbonyl (C=O) groups is 2. The van der Waals surface area contributed by atoms with Crippen molar-refractivity contribution in [1.82, 2.24) is 10.2 Å². The standard InChI is InChI=1S/C24H32ClN3O4S/c1-6-21(24(30)26-7-2)27(15-19-11-13-20(25)14-12-19)23(29)16-28(33(5,31)32)22-10-8-9-17(3)18(22)4/h8-14,21H,6-7,15-16H2,1-5H3,(H,26,30)/t21-/m1/s1. The van der Waals surface area contributed by atoms with Crippen LogP contribution in [0.25, 0.3) is 0 Å². The van der Waals surface area contributed by atoms with Crippen LogP contribution < -0.4 is 9.62 Å². The first-order chi connectivity index (χ1) is 15.5. The number of nitrogens with one attached hydrogen (secondary N) is 1. The van der Waals surface area contributed by atoms with E-state index in [1.165, 1.54) is 4.90 Å². The number of carbonyl (C=O) groups excluding carboxylic acids is 2. The van der Waals surface area contributed by atoms with E-state index in [2.05, 4.69) is 5.32 Å². The van der Waals surface area contributed by atoms with Gasteiger partial charge in [-0.3, -0.25) is 13.9 Å². The Balaban J connectivity index is 2.47. The normalized spacial score (nSPS) is 12.2. The van der Waals surface area contributed by atoms with E-state index in [1.54, 1.807) is 36.4 Å². The summed E-state index contributed by atoms with van der Waals surface area (Å²) < 4.78 is 26.5. The van der Waals surface area contributed by atoms with Crippen molar-refractivity contribution in [2.75, 3.05) is 23.7 Å². The lowest BCUT2D eigenvalue weighted by molar-refractivity contribution is -0.140. The number of hydrogen-bond donors (Lipinski definition) is 1. The highest BCUT2D eigenvalue weighted by Gasteiger charge is 2.32. The number of anilines is 1. The third-order valence-corrected chi connectivity index (χ3v) is 6.91. The highest BCUT2D eigenvalue weighted by Crippen LogP contribution is 2.25. The van der Waals surface area contributed by atoms with Gasteiger partial charge in [0, 0.05) is 18.1 Å². The van der Waals surface area contributed by atoms with Crippen LogP contribution >= 0.6 is 11.6 Å². The Morgan fingerprint density at radius 3 is 2.24 bits per heavy atom. The van der Waals surface area contributed by atoms with Crippen molar-refractivity contribution in [2.45, 2.75) is 46.7 Å². The number of rotatable bonds is 10. The summed E-state index contributed by atoms with van der Waals surface area (Å²) in [6.07, 6.45) is 1.46. The monoisotopic (exact) mass is 493 g/mol. The molecule has 2 aromatic rings. The van der Waals surface area contributed by atoms with Crippen molar-refractivity contribution < 1.29 is 18.0 Å². The van der Waals surface area contributed by atoms with E-state index < -0.39 is 28.5 Å². The zero-order valence-corrected chi connectivity index (χ0v) is 21.3. The first-order valence-electron chi connectivity index (χ1n) is 10.8. The van der Waals surface area contributed by atoms with Crippen molar-refractivity contribution in [3.05, 3.63) is 64.2 Å². The van der Waals surface area contributed by atoms with E-state index >= 15 is 0 Å². The van der Waals surface area contributed by atoms with Gasteiger partial charge in [-0.05, 0) is 62.1 Å². The molecule has 0 saturated heterocycles. The molecule has 0 aliphatic carbocycles. The van der Waals surface area contributed by atoms with Crippen molar-refractivity contribution in [3.63, 3.8) is 0 Å². The van der Waals surface area contributed by atoms with E-state index in [9.17, 15) is 18.0 Å². The molecule has 2 amide bonds. The fourth-order valence-electron chi connectivity index (χ4n) is 3.60. The molecule has 1 N–H and O–H groups in total. The number of aryl methyl sites for hydroxylation is 1. The second kappa shape index (κ2) is 11.5. The van der Waals surface area contributed by atoms with Gasteiger partial charge >= 0.3 is 0 Å². The van der Waals surface area contributed by atoms with Gasteiger partial charge < -0.3 is 10.2 Å². The van der Waals surface area contributed by atoms with Crippen LogP contribution in [0.2, 0.25) is 5.02 Å².